The molecule has 0 aliphatic carbocycles. The van der Waals surface area contributed by atoms with Crippen molar-refractivity contribution in [2.45, 2.75) is 6.61 Å². The monoisotopic (exact) mass is 315 g/mol. The third-order valence-corrected chi connectivity index (χ3v) is 3.44. The number of rotatable bonds is 3. The highest BCUT2D eigenvalue weighted by molar-refractivity contribution is 6.47. The van der Waals surface area contributed by atoms with Crippen molar-refractivity contribution in [1.29, 1.82) is 0 Å². The standard InChI is InChI=1S/C13H8Cl3NO2/c14-9-6-10(17-12(16)11(9)15)13(18)19-7-8-4-2-1-3-5-8/h1-6H,7H2. The molecule has 0 unspecified atom stereocenters. The molecule has 0 spiro atoms. The number of nitrogens with zero attached hydrogens (tertiary/aromatic N) is 1. The average Bonchev–Trinajstić information content (AvgIpc) is 2.42. The summed E-state index contributed by atoms with van der Waals surface area (Å²) in [5, 5.41) is 0.247. The summed E-state index contributed by atoms with van der Waals surface area (Å²) in [5.41, 5.74) is 0.900. The highest BCUT2D eigenvalue weighted by atomic mass is 35.5. The third-order valence-electron chi connectivity index (χ3n) is 2.29. The van der Waals surface area contributed by atoms with Gasteiger partial charge in [-0.25, -0.2) is 9.78 Å². The lowest BCUT2D eigenvalue weighted by Crippen LogP contribution is -2.07. The number of carbonyl (C=O) groups excluding carboxylic acids is 1. The van der Waals surface area contributed by atoms with E-state index in [-0.39, 0.29) is 27.5 Å². The van der Waals surface area contributed by atoms with Crippen LogP contribution in [0.5, 0.6) is 0 Å². The van der Waals surface area contributed by atoms with Crippen LogP contribution >= 0.6 is 34.8 Å². The maximum Gasteiger partial charge on any atom is 0.357 e. The molecule has 3 nitrogen and oxygen atoms in total. The molecule has 0 amide bonds. The number of hydrogen-bond acceptors (Lipinski definition) is 3. The van der Waals surface area contributed by atoms with E-state index in [0.29, 0.717) is 0 Å². The van der Waals surface area contributed by atoms with Crippen molar-refractivity contribution < 1.29 is 9.53 Å². The van der Waals surface area contributed by atoms with Gasteiger partial charge in [-0.05, 0) is 11.6 Å². The molecule has 0 saturated carbocycles. The number of halogens is 3. The van der Waals surface area contributed by atoms with Gasteiger partial charge in [0.25, 0.3) is 0 Å². The number of pyridine rings is 1. The molecule has 1 heterocycles. The molecule has 0 aliphatic rings. The molecule has 2 rings (SSSR count). The Labute approximate surface area is 125 Å². The van der Waals surface area contributed by atoms with Gasteiger partial charge in [-0.1, -0.05) is 65.1 Å². The number of ether oxygens (including phenoxy) is 1. The van der Waals surface area contributed by atoms with Crippen LogP contribution in [-0.4, -0.2) is 11.0 Å². The van der Waals surface area contributed by atoms with Crippen LogP contribution in [0.15, 0.2) is 36.4 Å². The first-order chi connectivity index (χ1) is 9.08. The molecule has 1 aromatic carbocycles. The van der Waals surface area contributed by atoms with Crippen molar-refractivity contribution in [3.8, 4) is 0 Å². The summed E-state index contributed by atoms with van der Waals surface area (Å²) in [6, 6.07) is 10.6. The van der Waals surface area contributed by atoms with Crippen molar-refractivity contribution in [2.75, 3.05) is 0 Å². The van der Waals surface area contributed by atoms with Crippen molar-refractivity contribution in [3.05, 3.63) is 62.9 Å². The summed E-state index contributed by atoms with van der Waals surface area (Å²) in [5.74, 6) is -0.607. The Balaban J connectivity index is 2.08. The summed E-state index contributed by atoms with van der Waals surface area (Å²) in [6.07, 6.45) is 0. The van der Waals surface area contributed by atoms with Gasteiger partial charge < -0.3 is 4.74 Å². The zero-order chi connectivity index (χ0) is 13.8. The van der Waals surface area contributed by atoms with Crippen molar-refractivity contribution in [3.63, 3.8) is 0 Å². The zero-order valence-electron chi connectivity index (χ0n) is 9.57. The van der Waals surface area contributed by atoms with Crippen LogP contribution in [0.4, 0.5) is 0 Å². The Morgan fingerprint density at radius 3 is 2.47 bits per heavy atom. The van der Waals surface area contributed by atoms with Crippen LogP contribution in [0, 0.1) is 0 Å². The lowest BCUT2D eigenvalue weighted by Gasteiger charge is -2.06. The Hall–Kier alpha value is -1.29. The summed E-state index contributed by atoms with van der Waals surface area (Å²) >= 11 is 17.3. The van der Waals surface area contributed by atoms with Crippen molar-refractivity contribution in [2.24, 2.45) is 0 Å². The van der Waals surface area contributed by atoms with E-state index in [0.717, 1.165) is 5.56 Å². The molecule has 0 N–H and O–H groups in total. The van der Waals surface area contributed by atoms with Crippen LogP contribution in [0.1, 0.15) is 16.1 Å². The Bertz CT molecular complexity index is 579. The molecule has 0 fully saturated rings. The molecule has 19 heavy (non-hydrogen) atoms. The normalized spacial score (nSPS) is 10.3. The SMILES string of the molecule is O=C(OCc1ccccc1)c1cc(Cl)c(Cl)c(Cl)n1. The molecule has 0 bridgehead atoms. The molecule has 0 atom stereocenters. The fourth-order valence-corrected chi connectivity index (χ4v) is 1.90. The molecule has 1 aromatic heterocycles. The molecule has 6 heteroatoms. The number of esters is 1. The van der Waals surface area contributed by atoms with Crippen molar-refractivity contribution in [1.82, 2.24) is 4.98 Å². The van der Waals surface area contributed by atoms with E-state index in [1.165, 1.54) is 6.07 Å². The van der Waals surface area contributed by atoms with Crippen LogP contribution in [0.25, 0.3) is 0 Å². The lowest BCUT2D eigenvalue weighted by molar-refractivity contribution is 0.0466. The van der Waals surface area contributed by atoms with Gasteiger partial charge in [0.2, 0.25) is 0 Å². The zero-order valence-corrected chi connectivity index (χ0v) is 11.8. The predicted octanol–water partition coefficient (Wildman–Crippen LogP) is 4.40. The minimum atomic E-state index is -0.607. The van der Waals surface area contributed by atoms with E-state index in [2.05, 4.69) is 4.98 Å². The number of hydrogen-bond donors (Lipinski definition) is 0. The molecule has 0 aliphatic heterocycles. The van der Waals surface area contributed by atoms with E-state index in [1.54, 1.807) is 0 Å². The maximum absolute atomic E-state index is 11.8. The Kier molecular flexibility index (Phi) is 4.64. The quantitative estimate of drug-likeness (QED) is 0.622. The Morgan fingerprint density at radius 2 is 1.84 bits per heavy atom. The fourth-order valence-electron chi connectivity index (χ4n) is 1.37. The maximum atomic E-state index is 11.8. The first-order valence-corrected chi connectivity index (χ1v) is 6.44. The van der Waals surface area contributed by atoms with Crippen molar-refractivity contribution >= 4 is 40.8 Å². The molecule has 2 aromatic rings. The summed E-state index contributed by atoms with van der Waals surface area (Å²) < 4.78 is 5.10. The second-order valence-corrected chi connectivity index (χ2v) is 4.80. The van der Waals surface area contributed by atoms with Gasteiger partial charge >= 0.3 is 5.97 Å². The second kappa shape index (κ2) is 6.24. The topological polar surface area (TPSA) is 39.2 Å². The summed E-state index contributed by atoms with van der Waals surface area (Å²) in [6.45, 7) is 0.152. The minimum absolute atomic E-state index is 0.0235. The number of aromatic nitrogens is 1. The Morgan fingerprint density at radius 1 is 1.16 bits per heavy atom. The van der Waals surface area contributed by atoms with E-state index < -0.39 is 5.97 Å². The first kappa shape index (κ1) is 14.1. The molecule has 98 valence electrons. The lowest BCUT2D eigenvalue weighted by atomic mass is 10.2. The van der Waals surface area contributed by atoms with Crippen LogP contribution < -0.4 is 0 Å². The first-order valence-electron chi connectivity index (χ1n) is 5.30. The summed E-state index contributed by atoms with van der Waals surface area (Å²) in [7, 11) is 0. The van der Waals surface area contributed by atoms with Gasteiger partial charge in [0.05, 0.1) is 10.0 Å². The van der Waals surface area contributed by atoms with Gasteiger partial charge in [0.1, 0.15) is 11.8 Å². The third kappa shape index (κ3) is 3.60. The summed E-state index contributed by atoms with van der Waals surface area (Å²) in [4.78, 5) is 15.6. The second-order valence-electron chi connectivity index (χ2n) is 3.66. The van der Waals surface area contributed by atoms with Crippen LogP contribution in [0.3, 0.4) is 0 Å². The van der Waals surface area contributed by atoms with Gasteiger partial charge in [0.15, 0.2) is 5.69 Å². The van der Waals surface area contributed by atoms with E-state index in [1.807, 2.05) is 30.3 Å². The van der Waals surface area contributed by atoms with Crippen LogP contribution in [0.2, 0.25) is 15.2 Å². The average molecular weight is 317 g/mol. The molecular formula is C13H8Cl3NO2. The minimum Gasteiger partial charge on any atom is -0.456 e. The van der Waals surface area contributed by atoms with E-state index >= 15 is 0 Å². The number of carbonyl (C=O) groups is 1. The van der Waals surface area contributed by atoms with E-state index in [9.17, 15) is 4.79 Å². The predicted molar refractivity (Wildman–Crippen MR) is 74.8 cm³/mol. The number of benzene rings is 1. The molecular weight excluding hydrogens is 309 g/mol. The molecule has 0 radical (unpaired) electrons. The van der Waals surface area contributed by atoms with Gasteiger partial charge in [-0.2, -0.15) is 0 Å². The van der Waals surface area contributed by atoms with Gasteiger partial charge in [-0.15, -0.1) is 0 Å². The smallest absolute Gasteiger partial charge is 0.357 e. The van der Waals surface area contributed by atoms with Crippen LogP contribution in [-0.2, 0) is 11.3 Å². The highest BCUT2D eigenvalue weighted by Crippen LogP contribution is 2.28. The van der Waals surface area contributed by atoms with Gasteiger partial charge in [-0.3, -0.25) is 0 Å². The highest BCUT2D eigenvalue weighted by Gasteiger charge is 2.14. The van der Waals surface area contributed by atoms with Gasteiger partial charge in [0, 0.05) is 0 Å². The largest absolute Gasteiger partial charge is 0.456 e. The van der Waals surface area contributed by atoms with E-state index in [4.69, 9.17) is 39.5 Å². The molecule has 0 saturated heterocycles. The fraction of sp³-hybridized carbons (Fsp3) is 0.0769.